The van der Waals surface area contributed by atoms with Gasteiger partial charge in [-0.05, 0) is 35.5 Å². The fourth-order valence-electron chi connectivity index (χ4n) is 1.43. The minimum atomic E-state index is -0.486. The lowest BCUT2D eigenvalue weighted by molar-refractivity contribution is 0.0706. The summed E-state index contributed by atoms with van der Waals surface area (Å²) in [7, 11) is 0. The summed E-state index contributed by atoms with van der Waals surface area (Å²) in [5.41, 5.74) is 4.21. The first-order valence-electron chi connectivity index (χ1n) is 4.28. The molecule has 1 aliphatic heterocycles. The molecule has 2 rings (SSSR count). The monoisotopic (exact) mass is 190 g/mol. The lowest BCUT2D eigenvalue weighted by atomic mass is 10.0. The fraction of sp³-hybridized carbons (Fsp3) is 0.100. The van der Waals surface area contributed by atoms with Gasteiger partial charge in [0.15, 0.2) is 0 Å². The van der Waals surface area contributed by atoms with Gasteiger partial charge in [0.25, 0.3) is 5.91 Å². The number of fused-ring (bicyclic) bond motifs is 1. The first-order valence-corrected chi connectivity index (χ1v) is 4.28. The summed E-state index contributed by atoms with van der Waals surface area (Å²) in [4.78, 5) is 11.1. The zero-order valence-corrected chi connectivity index (χ0v) is 7.45. The van der Waals surface area contributed by atoms with Gasteiger partial charge in [0.05, 0.1) is 0 Å². The summed E-state index contributed by atoms with van der Waals surface area (Å²) in [6.45, 7) is 0.771. The Balaban J connectivity index is 2.40. The number of carbonyl (C=O) groups excluding carboxylic acids is 1. The quantitative estimate of drug-likeness (QED) is 0.455. The zero-order valence-electron chi connectivity index (χ0n) is 7.45. The van der Waals surface area contributed by atoms with Crippen molar-refractivity contribution in [3.63, 3.8) is 0 Å². The molecule has 1 amide bonds. The summed E-state index contributed by atoms with van der Waals surface area (Å²) < 4.78 is 0. The second-order valence-corrected chi connectivity index (χ2v) is 3.07. The second-order valence-electron chi connectivity index (χ2n) is 3.07. The van der Waals surface area contributed by atoms with E-state index in [0.717, 1.165) is 17.7 Å². The van der Waals surface area contributed by atoms with Crippen molar-refractivity contribution in [2.45, 2.75) is 6.54 Å². The molecule has 14 heavy (non-hydrogen) atoms. The van der Waals surface area contributed by atoms with E-state index in [9.17, 15) is 4.79 Å². The van der Waals surface area contributed by atoms with E-state index in [4.69, 9.17) is 5.21 Å². The van der Waals surface area contributed by atoms with E-state index in [1.165, 1.54) is 0 Å². The predicted octanol–water partition coefficient (Wildman–Crippen LogP) is 0.880. The van der Waals surface area contributed by atoms with Gasteiger partial charge in [0.1, 0.15) is 0 Å². The Kier molecular flexibility index (Phi) is 2.20. The standard InChI is InChI=1S/C10H10N2O2/c13-10(12-14)8-1-2-9-6-11-4-3-7(9)5-8/h1-5,11,14H,6H2,(H,12,13). The molecule has 3 N–H and O–H groups in total. The van der Waals surface area contributed by atoms with E-state index >= 15 is 0 Å². The number of rotatable bonds is 1. The van der Waals surface area contributed by atoms with Gasteiger partial charge in [-0.1, -0.05) is 6.07 Å². The van der Waals surface area contributed by atoms with Gasteiger partial charge >= 0.3 is 0 Å². The molecule has 0 aliphatic carbocycles. The largest absolute Gasteiger partial charge is 0.387 e. The van der Waals surface area contributed by atoms with Crippen LogP contribution in [0.3, 0.4) is 0 Å². The molecule has 1 heterocycles. The van der Waals surface area contributed by atoms with Crippen LogP contribution in [0.5, 0.6) is 0 Å². The highest BCUT2D eigenvalue weighted by molar-refractivity contribution is 5.94. The highest BCUT2D eigenvalue weighted by Crippen LogP contribution is 2.16. The van der Waals surface area contributed by atoms with Crippen LogP contribution in [0.1, 0.15) is 21.5 Å². The molecule has 0 unspecified atom stereocenters. The van der Waals surface area contributed by atoms with E-state index in [2.05, 4.69) is 5.32 Å². The van der Waals surface area contributed by atoms with Gasteiger partial charge in [-0.25, -0.2) is 5.48 Å². The molecule has 0 bridgehead atoms. The number of nitrogens with one attached hydrogen (secondary N) is 2. The van der Waals surface area contributed by atoms with E-state index < -0.39 is 5.91 Å². The molecule has 0 radical (unpaired) electrons. The van der Waals surface area contributed by atoms with Crippen LogP contribution < -0.4 is 10.8 Å². The second kappa shape index (κ2) is 3.51. The van der Waals surface area contributed by atoms with Crippen molar-refractivity contribution < 1.29 is 10.0 Å². The summed E-state index contributed by atoms with van der Waals surface area (Å²) in [5, 5.41) is 11.5. The van der Waals surface area contributed by atoms with Gasteiger partial charge in [-0.3, -0.25) is 10.0 Å². The fourth-order valence-corrected chi connectivity index (χ4v) is 1.43. The van der Waals surface area contributed by atoms with E-state index in [1.54, 1.807) is 17.6 Å². The van der Waals surface area contributed by atoms with Gasteiger partial charge in [0.2, 0.25) is 0 Å². The van der Waals surface area contributed by atoms with Crippen LogP contribution in [0.25, 0.3) is 6.08 Å². The summed E-state index contributed by atoms with van der Waals surface area (Å²) in [6, 6.07) is 5.31. The minimum absolute atomic E-state index is 0.456. The Morgan fingerprint density at radius 2 is 2.36 bits per heavy atom. The van der Waals surface area contributed by atoms with Crippen molar-refractivity contribution in [1.82, 2.24) is 10.8 Å². The van der Waals surface area contributed by atoms with Crippen molar-refractivity contribution in [3.05, 3.63) is 41.1 Å². The predicted molar refractivity (Wildman–Crippen MR) is 51.6 cm³/mol. The van der Waals surface area contributed by atoms with Crippen LogP contribution in [-0.4, -0.2) is 11.1 Å². The van der Waals surface area contributed by atoms with Crippen molar-refractivity contribution in [3.8, 4) is 0 Å². The third-order valence-corrected chi connectivity index (χ3v) is 2.18. The minimum Gasteiger partial charge on any atom is -0.387 e. The zero-order chi connectivity index (χ0) is 9.97. The van der Waals surface area contributed by atoms with Crippen molar-refractivity contribution >= 4 is 12.0 Å². The van der Waals surface area contributed by atoms with Crippen LogP contribution in [-0.2, 0) is 6.54 Å². The van der Waals surface area contributed by atoms with Crippen molar-refractivity contribution in [2.75, 3.05) is 0 Å². The van der Waals surface area contributed by atoms with Crippen LogP contribution in [0.4, 0.5) is 0 Å². The number of benzene rings is 1. The average Bonchev–Trinajstić information content (AvgIpc) is 2.27. The summed E-state index contributed by atoms with van der Waals surface area (Å²) in [5.74, 6) is -0.486. The summed E-state index contributed by atoms with van der Waals surface area (Å²) >= 11 is 0. The molecule has 4 heteroatoms. The van der Waals surface area contributed by atoms with Crippen molar-refractivity contribution in [2.24, 2.45) is 0 Å². The van der Waals surface area contributed by atoms with Crippen LogP contribution in [0, 0.1) is 0 Å². The van der Waals surface area contributed by atoms with Gasteiger partial charge in [-0.15, -0.1) is 0 Å². The molecule has 4 nitrogen and oxygen atoms in total. The molecule has 1 aliphatic rings. The number of hydroxylamine groups is 1. The number of hydrogen-bond donors (Lipinski definition) is 3. The number of amides is 1. The maximum absolute atomic E-state index is 11.1. The molecule has 0 aromatic heterocycles. The van der Waals surface area contributed by atoms with E-state index in [-0.39, 0.29) is 0 Å². The van der Waals surface area contributed by atoms with Gasteiger partial charge in [-0.2, -0.15) is 0 Å². The average molecular weight is 190 g/mol. The molecular formula is C10H10N2O2. The normalized spacial score (nSPS) is 12.9. The van der Waals surface area contributed by atoms with Gasteiger partial charge < -0.3 is 5.32 Å². The smallest absolute Gasteiger partial charge is 0.274 e. The molecular weight excluding hydrogens is 180 g/mol. The van der Waals surface area contributed by atoms with Crippen molar-refractivity contribution in [1.29, 1.82) is 0 Å². The van der Waals surface area contributed by atoms with Crippen LogP contribution in [0.15, 0.2) is 24.4 Å². The van der Waals surface area contributed by atoms with Crippen LogP contribution >= 0.6 is 0 Å². The Morgan fingerprint density at radius 3 is 3.14 bits per heavy atom. The Bertz CT molecular complexity index is 399. The third-order valence-electron chi connectivity index (χ3n) is 2.18. The first kappa shape index (κ1) is 8.77. The molecule has 72 valence electrons. The highest BCUT2D eigenvalue weighted by atomic mass is 16.5. The molecule has 0 saturated carbocycles. The Labute approximate surface area is 81.2 Å². The lowest BCUT2D eigenvalue weighted by Crippen LogP contribution is -2.19. The third kappa shape index (κ3) is 1.47. The molecule has 0 saturated heterocycles. The molecule has 0 atom stereocenters. The topological polar surface area (TPSA) is 61.4 Å². The maximum Gasteiger partial charge on any atom is 0.274 e. The lowest BCUT2D eigenvalue weighted by Gasteiger charge is -2.12. The van der Waals surface area contributed by atoms with Gasteiger partial charge in [0, 0.05) is 12.1 Å². The SMILES string of the molecule is O=C(NO)c1ccc2c(c1)C=CNC2. The molecule has 1 aromatic rings. The van der Waals surface area contributed by atoms with Crippen LogP contribution in [0.2, 0.25) is 0 Å². The Morgan fingerprint density at radius 1 is 1.50 bits per heavy atom. The molecule has 0 fully saturated rings. The molecule has 0 spiro atoms. The van der Waals surface area contributed by atoms with E-state index in [0.29, 0.717) is 5.56 Å². The number of carbonyl (C=O) groups is 1. The Hall–Kier alpha value is -1.81. The summed E-state index contributed by atoms with van der Waals surface area (Å²) in [6.07, 6.45) is 3.73. The first-order chi connectivity index (χ1) is 6.81. The molecule has 1 aromatic carbocycles. The number of hydrogen-bond acceptors (Lipinski definition) is 3. The van der Waals surface area contributed by atoms with E-state index in [1.807, 2.05) is 18.3 Å². The highest BCUT2D eigenvalue weighted by Gasteiger charge is 2.08. The maximum atomic E-state index is 11.1.